The lowest BCUT2D eigenvalue weighted by molar-refractivity contribution is 0.327. The summed E-state index contributed by atoms with van der Waals surface area (Å²) >= 11 is 0. The van der Waals surface area contributed by atoms with Crippen molar-refractivity contribution in [2.45, 2.75) is 25.3 Å². The molecule has 50 valence electrons. The summed E-state index contributed by atoms with van der Waals surface area (Å²) in [5.74, 6) is 0. The zero-order valence-electron chi connectivity index (χ0n) is 5.77. The number of fused-ring (bicyclic) bond motifs is 1. The molecule has 0 N–H and O–H groups in total. The summed E-state index contributed by atoms with van der Waals surface area (Å²) in [6, 6.07) is 0.887. The van der Waals surface area contributed by atoms with Gasteiger partial charge in [0, 0.05) is 12.6 Å². The summed E-state index contributed by atoms with van der Waals surface area (Å²) in [6.07, 6.45) is 4.11. The highest BCUT2D eigenvalue weighted by Gasteiger charge is 2.30. The van der Waals surface area contributed by atoms with Crippen molar-refractivity contribution in [3.05, 3.63) is 12.2 Å². The number of nitrogens with zero attached hydrogens (tertiary/aromatic N) is 1. The highest BCUT2D eigenvalue weighted by Crippen LogP contribution is 2.29. The molecule has 2 aliphatic heterocycles. The topological polar surface area (TPSA) is 3.24 Å². The van der Waals surface area contributed by atoms with Crippen LogP contribution in [0.5, 0.6) is 0 Å². The maximum Gasteiger partial charge on any atom is 0.0193 e. The third-order valence-corrected chi connectivity index (χ3v) is 2.45. The minimum Gasteiger partial charge on any atom is -0.296 e. The molecule has 2 heterocycles. The quantitative estimate of drug-likeness (QED) is 0.440. The van der Waals surface area contributed by atoms with E-state index >= 15 is 0 Å². The van der Waals surface area contributed by atoms with Crippen molar-refractivity contribution in [2.24, 2.45) is 0 Å². The first-order chi connectivity index (χ1) is 4.36. The summed E-state index contributed by atoms with van der Waals surface area (Å²) in [5.41, 5.74) is 1.44. The van der Waals surface area contributed by atoms with Gasteiger partial charge in [-0.15, -0.1) is 0 Å². The van der Waals surface area contributed by atoms with E-state index in [4.69, 9.17) is 0 Å². The van der Waals surface area contributed by atoms with Gasteiger partial charge in [0.25, 0.3) is 0 Å². The van der Waals surface area contributed by atoms with Gasteiger partial charge in [0.1, 0.15) is 0 Å². The predicted octanol–water partition coefficient (Wildman–Crippen LogP) is 1.41. The van der Waals surface area contributed by atoms with Crippen LogP contribution in [0.2, 0.25) is 0 Å². The van der Waals surface area contributed by atoms with Crippen LogP contribution in [0.4, 0.5) is 0 Å². The Labute approximate surface area is 56.4 Å². The van der Waals surface area contributed by atoms with Gasteiger partial charge in [-0.3, -0.25) is 4.90 Å². The predicted molar refractivity (Wildman–Crippen MR) is 38.4 cm³/mol. The first-order valence-corrected chi connectivity index (χ1v) is 3.77. The fraction of sp³-hybridized carbons (Fsp3) is 0.750. The molecule has 0 bridgehead atoms. The van der Waals surface area contributed by atoms with E-state index in [1.165, 1.54) is 37.9 Å². The summed E-state index contributed by atoms with van der Waals surface area (Å²) in [6.45, 7) is 6.50. The summed E-state index contributed by atoms with van der Waals surface area (Å²) in [5, 5.41) is 0. The zero-order chi connectivity index (χ0) is 6.27. The van der Waals surface area contributed by atoms with Crippen LogP contribution in [-0.2, 0) is 0 Å². The summed E-state index contributed by atoms with van der Waals surface area (Å²) in [4.78, 5) is 2.56. The van der Waals surface area contributed by atoms with Crippen LogP contribution < -0.4 is 0 Å². The summed E-state index contributed by atoms with van der Waals surface area (Å²) < 4.78 is 0. The van der Waals surface area contributed by atoms with Gasteiger partial charge < -0.3 is 0 Å². The first kappa shape index (κ1) is 5.48. The molecule has 0 aromatic carbocycles. The Morgan fingerprint density at radius 3 is 3.22 bits per heavy atom. The Hall–Kier alpha value is -0.300. The van der Waals surface area contributed by atoms with Crippen LogP contribution in [0, 0.1) is 0 Å². The number of hydrogen-bond donors (Lipinski definition) is 0. The molecule has 0 spiro atoms. The molecule has 2 fully saturated rings. The number of rotatable bonds is 0. The molecule has 0 aliphatic carbocycles. The van der Waals surface area contributed by atoms with Gasteiger partial charge in [0.05, 0.1) is 0 Å². The maximum atomic E-state index is 3.99. The van der Waals surface area contributed by atoms with Crippen molar-refractivity contribution in [2.75, 3.05) is 13.1 Å². The lowest BCUT2D eigenvalue weighted by atomic mass is 10.1. The van der Waals surface area contributed by atoms with Crippen molar-refractivity contribution in [3.63, 3.8) is 0 Å². The smallest absolute Gasteiger partial charge is 0.0193 e. The third-order valence-electron chi connectivity index (χ3n) is 2.45. The zero-order valence-corrected chi connectivity index (χ0v) is 5.77. The Balaban J connectivity index is 2.09. The van der Waals surface area contributed by atoms with Crippen LogP contribution in [0.25, 0.3) is 0 Å². The van der Waals surface area contributed by atoms with Crippen LogP contribution in [-0.4, -0.2) is 24.0 Å². The van der Waals surface area contributed by atoms with Crippen molar-refractivity contribution in [3.8, 4) is 0 Å². The second-order valence-electron chi connectivity index (χ2n) is 3.22. The fourth-order valence-electron chi connectivity index (χ4n) is 2.02. The van der Waals surface area contributed by atoms with E-state index in [1.54, 1.807) is 0 Å². The lowest BCUT2D eigenvalue weighted by Gasteiger charge is -2.11. The largest absolute Gasteiger partial charge is 0.296 e. The standard InChI is InChI=1S/C8H13N/c1-7-5-8-3-2-4-9(8)6-7/h8H,1-6H2/t8-/m1/s1. The van der Waals surface area contributed by atoms with E-state index < -0.39 is 0 Å². The molecule has 1 nitrogen and oxygen atoms in total. The van der Waals surface area contributed by atoms with E-state index in [0.29, 0.717) is 0 Å². The average Bonchev–Trinajstić information content (AvgIpc) is 2.22. The molecule has 2 aliphatic rings. The second-order valence-corrected chi connectivity index (χ2v) is 3.22. The van der Waals surface area contributed by atoms with Gasteiger partial charge in [0.15, 0.2) is 0 Å². The Morgan fingerprint density at radius 1 is 1.56 bits per heavy atom. The van der Waals surface area contributed by atoms with Crippen LogP contribution in [0.1, 0.15) is 19.3 Å². The monoisotopic (exact) mass is 123 g/mol. The average molecular weight is 123 g/mol. The molecule has 0 unspecified atom stereocenters. The highest BCUT2D eigenvalue weighted by atomic mass is 15.2. The minimum absolute atomic E-state index is 0.887. The SMILES string of the molecule is C=C1C[C@H]2CCCN2C1. The molecule has 2 saturated heterocycles. The van der Waals surface area contributed by atoms with Gasteiger partial charge >= 0.3 is 0 Å². The fourth-order valence-corrected chi connectivity index (χ4v) is 2.02. The number of hydrogen-bond acceptors (Lipinski definition) is 1. The maximum absolute atomic E-state index is 3.99. The second kappa shape index (κ2) is 1.84. The summed E-state index contributed by atoms with van der Waals surface area (Å²) in [7, 11) is 0. The molecule has 9 heavy (non-hydrogen) atoms. The van der Waals surface area contributed by atoms with Crippen molar-refractivity contribution >= 4 is 0 Å². The first-order valence-electron chi connectivity index (χ1n) is 3.77. The van der Waals surface area contributed by atoms with E-state index in [1.807, 2.05) is 0 Å². The minimum atomic E-state index is 0.887. The van der Waals surface area contributed by atoms with Crippen LogP contribution in [0.3, 0.4) is 0 Å². The van der Waals surface area contributed by atoms with Crippen molar-refractivity contribution < 1.29 is 0 Å². The molecule has 0 saturated carbocycles. The van der Waals surface area contributed by atoms with Crippen molar-refractivity contribution in [1.29, 1.82) is 0 Å². The van der Waals surface area contributed by atoms with E-state index in [0.717, 1.165) is 6.04 Å². The van der Waals surface area contributed by atoms with Gasteiger partial charge in [-0.1, -0.05) is 12.2 Å². The molecule has 0 aromatic heterocycles. The molecular formula is C8H13N. The van der Waals surface area contributed by atoms with E-state index in [2.05, 4.69) is 11.5 Å². The van der Waals surface area contributed by atoms with Gasteiger partial charge in [-0.25, -0.2) is 0 Å². The Kier molecular flexibility index (Phi) is 1.12. The Bertz CT molecular complexity index is 126. The third kappa shape index (κ3) is 0.799. The normalized spacial score (nSPS) is 35.6. The molecule has 1 heteroatoms. The highest BCUT2D eigenvalue weighted by molar-refractivity contribution is 5.09. The molecular weight excluding hydrogens is 110 g/mol. The Morgan fingerprint density at radius 2 is 2.44 bits per heavy atom. The lowest BCUT2D eigenvalue weighted by Crippen LogP contribution is -2.21. The van der Waals surface area contributed by atoms with Gasteiger partial charge in [-0.05, 0) is 25.8 Å². The molecule has 2 rings (SSSR count). The molecule has 1 atom stereocenters. The van der Waals surface area contributed by atoms with E-state index in [-0.39, 0.29) is 0 Å². The van der Waals surface area contributed by atoms with E-state index in [9.17, 15) is 0 Å². The van der Waals surface area contributed by atoms with Gasteiger partial charge in [-0.2, -0.15) is 0 Å². The molecule has 0 radical (unpaired) electrons. The van der Waals surface area contributed by atoms with Crippen molar-refractivity contribution in [1.82, 2.24) is 4.90 Å². The molecule has 0 aromatic rings. The molecule has 0 amide bonds. The van der Waals surface area contributed by atoms with Gasteiger partial charge in [0.2, 0.25) is 0 Å². The van der Waals surface area contributed by atoms with Crippen LogP contribution >= 0.6 is 0 Å². The van der Waals surface area contributed by atoms with Crippen LogP contribution in [0.15, 0.2) is 12.2 Å².